The Hall–Kier alpha value is -2.04. The molecule has 1 aromatic rings. The van der Waals surface area contributed by atoms with Gasteiger partial charge in [0.25, 0.3) is 0 Å². The molecule has 0 radical (unpaired) electrons. The molecule has 0 unspecified atom stereocenters. The summed E-state index contributed by atoms with van der Waals surface area (Å²) in [5, 5.41) is 6.17. The van der Waals surface area contributed by atoms with Gasteiger partial charge in [0.15, 0.2) is 0 Å². The Labute approximate surface area is 148 Å². The Morgan fingerprint density at radius 3 is 2.68 bits per heavy atom. The summed E-state index contributed by atoms with van der Waals surface area (Å²) in [7, 11) is 0. The number of amides is 2. The van der Waals surface area contributed by atoms with Gasteiger partial charge in [-0.1, -0.05) is 31.0 Å². The maximum absolute atomic E-state index is 12.9. The summed E-state index contributed by atoms with van der Waals surface area (Å²) in [4.78, 5) is 25.6. The van der Waals surface area contributed by atoms with Gasteiger partial charge in [-0.25, -0.2) is 0 Å². The van der Waals surface area contributed by atoms with Crippen LogP contribution in [0, 0.1) is 11.8 Å². The standard InChI is InChI=1S/C20H26N2O3/c23-18(16-11-15-5-1-2-6-17(15)25-13-16)22-20(9-3-4-10-20)19(24)21-12-14-7-8-14/h1-2,5-6,14,16H,3-4,7-13H2,(H,21,24)(H,22,23)/t16-/m1/s1. The molecular formula is C20H26N2O3. The van der Waals surface area contributed by atoms with Crippen LogP contribution in [0.1, 0.15) is 44.1 Å². The average molecular weight is 342 g/mol. The molecule has 0 spiro atoms. The van der Waals surface area contributed by atoms with Gasteiger partial charge in [-0.15, -0.1) is 0 Å². The van der Waals surface area contributed by atoms with Crippen molar-refractivity contribution in [2.24, 2.45) is 11.8 Å². The lowest BCUT2D eigenvalue weighted by atomic mass is 9.91. The van der Waals surface area contributed by atoms with Crippen LogP contribution in [0.3, 0.4) is 0 Å². The third-order valence-electron chi connectivity index (χ3n) is 5.75. The van der Waals surface area contributed by atoms with Crippen LogP contribution in [0.25, 0.3) is 0 Å². The molecule has 0 saturated heterocycles. The van der Waals surface area contributed by atoms with E-state index in [1.807, 2.05) is 24.3 Å². The molecule has 2 aliphatic carbocycles. The van der Waals surface area contributed by atoms with Crippen molar-refractivity contribution in [1.82, 2.24) is 10.6 Å². The molecule has 2 saturated carbocycles. The van der Waals surface area contributed by atoms with Gasteiger partial charge in [0.05, 0.1) is 5.92 Å². The number of carbonyl (C=O) groups excluding carboxylic acids is 2. The minimum Gasteiger partial charge on any atom is -0.492 e. The molecule has 0 aromatic heterocycles. The number of para-hydroxylation sites is 1. The smallest absolute Gasteiger partial charge is 0.245 e. The highest BCUT2D eigenvalue weighted by atomic mass is 16.5. The number of rotatable bonds is 5. The van der Waals surface area contributed by atoms with Crippen LogP contribution in [0.15, 0.2) is 24.3 Å². The van der Waals surface area contributed by atoms with Crippen molar-refractivity contribution in [1.29, 1.82) is 0 Å². The second kappa shape index (κ2) is 6.70. The Morgan fingerprint density at radius 2 is 1.92 bits per heavy atom. The van der Waals surface area contributed by atoms with Crippen molar-refractivity contribution in [2.75, 3.05) is 13.2 Å². The van der Waals surface area contributed by atoms with E-state index in [1.165, 1.54) is 12.8 Å². The van der Waals surface area contributed by atoms with Crippen LogP contribution in [0.2, 0.25) is 0 Å². The average Bonchev–Trinajstić information content (AvgIpc) is 3.36. The van der Waals surface area contributed by atoms with Crippen molar-refractivity contribution in [3.05, 3.63) is 29.8 Å². The number of ether oxygens (including phenoxy) is 1. The molecule has 1 atom stereocenters. The zero-order valence-corrected chi connectivity index (χ0v) is 14.6. The fourth-order valence-corrected chi connectivity index (χ4v) is 3.95. The fourth-order valence-electron chi connectivity index (χ4n) is 3.95. The van der Waals surface area contributed by atoms with E-state index in [4.69, 9.17) is 4.74 Å². The summed E-state index contributed by atoms with van der Waals surface area (Å²) >= 11 is 0. The van der Waals surface area contributed by atoms with E-state index in [2.05, 4.69) is 10.6 Å². The highest BCUT2D eigenvalue weighted by Crippen LogP contribution is 2.33. The molecule has 1 heterocycles. The van der Waals surface area contributed by atoms with E-state index < -0.39 is 5.54 Å². The molecule has 3 aliphatic rings. The summed E-state index contributed by atoms with van der Waals surface area (Å²) in [6, 6.07) is 7.85. The van der Waals surface area contributed by atoms with E-state index in [-0.39, 0.29) is 17.7 Å². The van der Waals surface area contributed by atoms with Gasteiger partial charge in [0, 0.05) is 6.54 Å². The largest absolute Gasteiger partial charge is 0.492 e. The second-order valence-electron chi connectivity index (χ2n) is 7.75. The zero-order valence-electron chi connectivity index (χ0n) is 14.6. The third-order valence-corrected chi connectivity index (χ3v) is 5.75. The predicted molar refractivity (Wildman–Crippen MR) is 94.2 cm³/mol. The second-order valence-corrected chi connectivity index (χ2v) is 7.75. The van der Waals surface area contributed by atoms with E-state index in [1.54, 1.807) is 0 Å². The van der Waals surface area contributed by atoms with Crippen molar-refractivity contribution in [3.8, 4) is 5.75 Å². The monoisotopic (exact) mass is 342 g/mol. The first-order valence-electron chi connectivity index (χ1n) is 9.47. The number of hydrogen-bond donors (Lipinski definition) is 2. The molecule has 5 nitrogen and oxygen atoms in total. The first kappa shape index (κ1) is 16.4. The highest BCUT2D eigenvalue weighted by molar-refractivity contribution is 5.92. The van der Waals surface area contributed by atoms with Gasteiger partial charge in [-0.3, -0.25) is 9.59 Å². The third kappa shape index (κ3) is 3.51. The Morgan fingerprint density at radius 1 is 1.16 bits per heavy atom. The van der Waals surface area contributed by atoms with Crippen molar-refractivity contribution >= 4 is 11.8 Å². The number of hydrogen-bond acceptors (Lipinski definition) is 3. The first-order valence-corrected chi connectivity index (χ1v) is 9.47. The van der Waals surface area contributed by atoms with Crippen molar-refractivity contribution in [2.45, 2.75) is 50.5 Å². The minimum absolute atomic E-state index is 0.00220. The number of carbonyl (C=O) groups is 2. The van der Waals surface area contributed by atoms with E-state index in [9.17, 15) is 9.59 Å². The molecule has 25 heavy (non-hydrogen) atoms. The quantitative estimate of drug-likeness (QED) is 0.862. The van der Waals surface area contributed by atoms with Gasteiger partial charge < -0.3 is 15.4 Å². The predicted octanol–water partition coefficient (Wildman–Crippen LogP) is 2.19. The molecule has 2 amide bonds. The van der Waals surface area contributed by atoms with E-state index >= 15 is 0 Å². The summed E-state index contributed by atoms with van der Waals surface area (Å²) in [5.41, 5.74) is 0.343. The maximum Gasteiger partial charge on any atom is 0.245 e. The first-order chi connectivity index (χ1) is 12.2. The topological polar surface area (TPSA) is 67.4 Å². The summed E-state index contributed by atoms with van der Waals surface area (Å²) < 4.78 is 5.74. The van der Waals surface area contributed by atoms with Gasteiger partial charge >= 0.3 is 0 Å². The molecule has 1 aromatic carbocycles. The zero-order chi connectivity index (χ0) is 17.3. The maximum atomic E-state index is 12.9. The lowest BCUT2D eigenvalue weighted by molar-refractivity contribution is -0.136. The van der Waals surface area contributed by atoms with E-state index in [0.717, 1.165) is 43.5 Å². The molecule has 134 valence electrons. The normalized spacial score (nSPS) is 24.1. The van der Waals surface area contributed by atoms with E-state index in [0.29, 0.717) is 18.9 Å². The lowest BCUT2D eigenvalue weighted by Gasteiger charge is -2.32. The van der Waals surface area contributed by atoms with Crippen LogP contribution in [-0.2, 0) is 16.0 Å². The fraction of sp³-hybridized carbons (Fsp3) is 0.600. The van der Waals surface area contributed by atoms with Crippen LogP contribution in [0.4, 0.5) is 0 Å². The summed E-state index contributed by atoms with van der Waals surface area (Å²) in [6.45, 7) is 1.12. The van der Waals surface area contributed by atoms with Gasteiger partial charge in [0.2, 0.25) is 11.8 Å². The molecule has 0 bridgehead atoms. The van der Waals surface area contributed by atoms with Crippen LogP contribution >= 0.6 is 0 Å². The van der Waals surface area contributed by atoms with Crippen LogP contribution in [0.5, 0.6) is 5.75 Å². The molecule has 2 N–H and O–H groups in total. The number of fused-ring (bicyclic) bond motifs is 1. The Balaban J connectivity index is 1.41. The van der Waals surface area contributed by atoms with Crippen molar-refractivity contribution in [3.63, 3.8) is 0 Å². The Kier molecular flexibility index (Phi) is 4.40. The minimum atomic E-state index is -0.719. The molecule has 2 fully saturated rings. The van der Waals surface area contributed by atoms with Crippen LogP contribution < -0.4 is 15.4 Å². The highest BCUT2D eigenvalue weighted by Gasteiger charge is 2.44. The van der Waals surface area contributed by atoms with Crippen LogP contribution in [-0.4, -0.2) is 30.5 Å². The lowest BCUT2D eigenvalue weighted by Crippen LogP contribution is -2.59. The molecule has 5 heteroatoms. The van der Waals surface area contributed by atoms with Gasteiger partial charge in [-0.2, -0.15) is 0 Å². The summed E-state index contributed by atoms with van der Waals surface area (Å²) in [5.74, 6) is 1.22. The summed E-state index contributed by atoms with van der Waals surface area (Å²) in [6.07, 6.45) is 6.53. The van der Waals surface area contributed by atoms with Gasteiger partial charge in [-0.05, 0) is 49.7 Å². The SMILES string of the molecule is O=C(NC1(C(=O)NCC2CC2)CCCC1)[C@H]1COc2ccccc2C1. The number of nitrogens with one attached hydrogen (secondary N) is 2. The number of benzene rings is 1. The van der Waals surface area contributed by atoms with Gasteiger partial charge in [0.1, 0.15) is 17.9 Å². The Bertz CT molecular complexity index is 663. The molecular weight excluding hydrogens is 316 g/mol. The molecule has 4 rings (SSSR count). The molecule has 1 aliphatic heterocycles. The van der Waals surface area contributed by atoms with Crippen molar-refractivity contribution < 1.29 is 14.3 Å².